The summed E-state index contributed by atoms with van der Waals surface area (Å²) in [5.41, 5.74) is 0.312. The van der Waals surface area contributed by atoms with Crippen molar-refractivity contribution in [3.05, 3.63) is 35.1 Å². The molecule has 0 radical (unpaired) electrons. The first-order chi connectivity index (χ1) is 16.8. The van der Waals surface area contributed by atoms with Gasteiger partial charge in [0.2, 0.25) is 0 Å². The molecule has 0 spiro atoms. The van der Waals surface area contributed by atoms with Crippen molar-refractivity contribution in [3.63, 3.8) is 0 Å². The van der Waals surface area contributed by atoms with Crippen molar-refractivity contribution in [1.29, 1.82) is 5.26 Å². The van der Waals surface area contributed by atoms with Crippen molar-refractivity contribution in [2.75, 3.05) is 13.2 Å². The normalized spacial score (nSPS) is 40.3. The highest BCUT2D eigenvalue weighted by Crippen LogP contribution is 2.64. The molecule has 0 amide bonds. The molecule has 4 saturated carbocycles. The smallest absolute Gasteiger partial charge is 0.140 e. The average molecular weight is 482 g/mol. The van der Waals surface area contributed by atoms with Crippen molar-refractivity contribution < 1.29 is 19.0 Å². The van der Waals surface area contributed by atoms with Gasteiger partial charge in [0.25, 0.3) is 0 Å². The first kappa shape index (κ1) is 24.9. The number of nitrogens with zero attached hydrogens (tertiary/aromatic N) is 1. The first-order valence-corrected chi connectivity index (χ1v) is 13.8. The molecule has 0 saturated heterocycles. The molecule has 35 heavy (non-hydrogen) atoms. The first-order valence-electron chi connectivity index (χ1n) is 13.8. The quantitative estimate of drug-likeness (QED) is 0.554. The standard InChI is InChI=1S/C30H40FNO3/c1-3-35-18-30(34)13-11-23-20(16-30)5-7-25-24(23)10-12-29(2)26(25)8-9-27(29)28(33)15-19-4-6-22(31)14-21(19)17-32/h4,6,14,20,23-27,34H,3,5,7-13,15-16,18H2,1-2H3/t20-,23+,24-,25-,26+,27-,29+,30-/m1/s1. The third kappa shape index (κ3) is 4.46. The lowest BCUT2D eigenvalue weighted by molar-refractivity contribution is -0.137. The molecule has 0 unspecified atom stereocenters. The second-order valence-electron chi connectivity index (χ2n) is 12.3. The van der Waals surface area contributed by atoms with Gasteiger partial charge in [-0.1, -0.05) is 13.0 Å². The number of carbonyl (C=O) groups is 1. The van der Waals surface area contributed by atoms with E-state index in [9.17, 15) is 19.6 Å². The van der Waals surface area contributed by atoms with Crippen molar-refractivity contribution >= 4 is 5.78 Å². The maximum Gasteiger partial charge on any atom is 0.140 e. The van der Waals surface area contributed by atoms with Crippen molar-refractivity contribution in [2.45, 2.75) is 83.7 Å². The van der Waals surface area contributed by atoms with Gasteiger partial charge in [-0.3, -0.25) is 4.79 Å². The second-order valence-corrected chi connectivity index (χ2v) is 12.3. The molecule has 0 heterocycles. The van der Waals surface area contributed by atoms with Crippen LogP contribution in [0.4, 0.5) is 4.39 Å². The van der Waals surface area contributed by atoms with E-state index in [1.807, 2.05) is 6.92 Å². The fourth-order valence-corrected chi connectivity index (χ4v) is 9.03. The van der Waals surface area contributed by atoms with E-state index in [0.717, 1.165) is 44.4 Å². The van der Waals surface area contributed by atoms with Crippen molar-refractivity contribution in [1.82, 2.24) is 0 Å². The molecule has 1 aromatic rings. The molecule has 1 aromatic carbocycles. The highest BCUT2D eigenvalue weighted by molar-refractivity contribution is 5.85. The van der Waals surface area contributed by atoms with E-state index >= 15 is 0 Å². The minimum atomic E-state index is -0.652. The molecule has 5 rings (SSSR count). The number of ether oxygens (including phenoxy) is 1. The Kier molecular flexibility index (Phi) is 6.83. The summed E-state index contributed by atoms with van der Waals surface area (Å²) >= 11 is 0. The van der Waals surface area contributed by atoms with E-state index in [-0.39, 0.29) is 29.1 Å². The summed E-state index contributed by atoms with van der Waals surface area (Å²) in [5.74, 6) is 3.12. The van der Waals surface area contributed by atoms with Crippen LogP contribution in [0.15, 0.2) is 18.2 Å². The van der Waals surface area contributed by atoms with Gasteiger partial charge in [-0.25, -0.2) is 4.39 Å². The van der Waals surface area contributed by atoms with Gasteiger partial charge in [0, 0.05) is 18.9 Å². The molecule has 0 aliphatic heterocycles. The molecule has 190 valence electrons. The molecular formula is C30H40FNO3. The predicted octanol–water partition coefficient (Wildman–Crippen LogP) is 5.85. The molecule has 8 atom stereocenters. The SMILES string of the molecule is CCOC[C@@]1(O)CC[C@H]2[C@H](CC[C@@H]3[C@@H]2CC[C@]2(C)[C@@H](C(=O)Cc4ccc(F)cc4C#N)CC[C@@H]32)C1. The van der Waals surface area contributed by atoms with Crippen molar-refractivity contribution in [2.24, 2.45) is 40.9 Å². The largest absolute Gasteiger partial charge is 0.387 e. The number of hydrogen-bond donors (Lipinski definition) is 1. The second kappa shape index (κ2) is 9.60. The molecule has 1 N–H and O–H groups in total. The number of nitriles is 1. The van der Waals surface area contributed by atoms with Gasteiger partial charge in [0.05, 0.1) is 23.8 Å². The van der Waals surface area contributed by atoms with Gasteiger partial charge in [0.15, 0.2) is 0 Å². The summed E-state index contributed by atoms with van der Waals surface area (Å²) < 4.78 is 19.2. The highest BCUT2D eigenvalue weighted by Gasteiger charge is 2.58. The molecule has 4 aliphatic carbocycles. The minimum Gasteiger partial charge on any atom is -0.387 e. The van der Waals surface area contributed by atoms with Crippen LogP contribution in [0.5, 0.6) is 0 Å². The van der Waals surface area contributed by atoms with Crippen LogP contribution >= 0.6 is 0 Å². The number of Topliss-reactive ketones (excluding diaryl/α,β-unsaturated/α-hetero) is 1. The Balaban J connectivity index is 1.28. The Bertz CT molecular complexity index is 1000. The highest BCUT2D eigenvalue weighted by atomic mass is 19.1. The zero-order valence-corrected chi connectivity index (χ0v) is 21.3. The van der Waals surface area contributed by atoms with Gasteiger partial charge in [-0.15, -0.1) is 0 Å². The number of ketones is 1. The van der Waals surface area contributed by atoms with Gasteiger partial charge >= 0.3 is 0 Å². The van der Waals surface area contributed by atoms with Crippen LogP contribution in [0.2, 0.25) is 0 Å². The van der Waals surface area contributed by atoms with E-state index in [2.05, 4.69) is 13.0 Å². The lowest BCUT2D eigenvalue weighted by atomic mass is 9.49. The van der Waals surface area contributed by atoms with E-state index in [1.165, 1.54) is 31.4 Å². The minimum absolute atomic E-state index is 0.0301. The molecule has 4 fully saturated rings. The summed E-state index contributed by atoms with van der Waals surface area (Å²) in [6, 6.07) is 6.26. The molecule has 4 nitrogen and oxygen atoms in total. The summed E-state index contributed by atoms with van der Waals surface area (Å²) in [6.45, 7) is 5.46. The van der Waals surface area contributed by atoms with Crippen LogP contribution in [0.3, 0.4) is 0 Å². The van der Waals surface area contributed by atoms with Gasteiger partial charge in [0.1, 0.15) is 11.6 Å². The summed E-state index contributed by atoms with van der Waals surface area (Å²) in [6.07, 6.45) is 9.80. The number of halogens is 1. The van der Waals surface area contributed by atoms with Gasteiger partial charge < -0.3 is 9.84 Å². The number of benzene rings is 1. The van der Waals surface area contributed by atoms with Gasteiger partial charge in [-0.05, 0) is 117 Å². The Morgan fingerprint density at radius 2 is 1.94 bits per heavy atom. The van der Waals surface area contributed by atoms with E-state index < -0.39 is 11.4 Å². The molecule has 0 bridgehead atoms. The topological polar surface area (TPSA) is 70.3 Å². The Labute approximate surface area is 209 Å². The predicted molar refractivity (Wildman–Crippen MR) is 132 cm³/mol. The van der Waals surface area contributed by atoms with Crippen molar-refractivity contribution in [3.8, 4) is 6.07 Å². The maximum absolute atomic E-state index is 13.6. The Hall–Kier alpha value is -1.77. The Morgan fingerprint density at radius 1 is 1.14 bits per heavy atom. The molecular weight excluding hydrogens is 441 g/mol. The summed E-state index contributed by atoms with van der Waals surface area (Å²) in [4.78, 5) is 13.5. The summed E-state index contributed by atoms with van der Waals surface area (Å²) in [7, 11) is 0. The molecule has 0 aromatic heterocycles. The number of aliphatic hydroxyl groups is 1. The number of rotatable bonds is 6. The van der Waals surface area contributed by atoms with Crippen LogP contribution in [0.1, 0.15) is 82.8 Å². The number of carbonyl (C=O) groups excluding carboxylic acids is 1. The van der Waals surface area contributed by atoms with Crippen LogP contribution in [0.25, 0.3) is 0 Å². The zero-order chi connectivity index (χ0) is 24.8. The maximum atomic E-state index is 13.6. The number of fused-ring (bicyclic) bond motifs is 5. The van der Waals surface area contributed by atoms with E-state index in [1.54, 1.807) is 6.07 Å². The fraction of sp³-hybridized carbons (Fsp3) is 0.733. The van der Waals surface area contributed by atoms with E-state index in [4.69, 9.17) is 4.74 Å². The molecule has 4 aliphatic rings. The summed E-state index contributed by atoms with van der Waals surface area (Å²) in [5, 5.41) is 20.5. The lowest BCUT2D eigenvalue weighted by Crippen LogP contribution is -2.52. The zero-order valence-electron chi connectivity index (χ0n) is 21.3. The third-order valence-electron chi connectivity index (χ3n) is 10.6. The fourth-order valence-electron chi connectivity index (χ4n) is 9.03. The molecule has 5 heteroatoms. The van der Waals surface area contributed by atoms with Crippen LogP contribution in [-0.2, 0) is 16.0 Å². The lowest BCUT2D eigenvalue weighted by Gasteiger charge is -2.57. The monoisotopic (exact) mass is 481 g/mol. The average Bonchev–Trinajstić information content (AvgIpc) is 3.21. The van der Waals surface area contributed by atoms with Crippen LogP contribution in [-0.4, -0.2) is 29.7 Å². The third-order valence-corrected chi connectivity index (χ3v) is 10.6. The van der Waals surface area contributed by atoms with Crippen LogP contribution < -0.4 is 0 Å². The van der Waals surface area contributed by atoms with Crippen LogP contribution in [0, 0.1) is 58.1 Å². The van der Waals surface area contributed by atoms with E-state index in [0.29, 0.717) is 42.4 Å². The Morgan fingerprint density at radius 3 is 2.71 bits per heavy atom. The number of hydrogen-bond acceptors (Lipinski definition) is 4. The van der Waals surface area contributed by atoms with Gasteiger partial charge in [-0.2, -0.15) is 5.26 Å².